The number of rotatable bonds is 8. The third kappa shape index (κ3) is 6.14. The maximum Gasteiger partial charge on any atom is 0.175 e. The Morgan fingerprint density at radius 2 is 1.22 bits per heavy atom. The maximum atomic E-state index is 12.0. The number of hydrogen-bond donors (Lipinski definition) is 0. The van der Waals surface area contributed by atoms with Crippen molar-refractivity contribution in [2.75, 3.05) is 42.2 Å². The van der Waals surface area contributed by atoms with E-state index < -0.39 is 15.4 Å². The molecule has 8 nitrogen and oxygen atoms in total. The van der Waals surface area contributed by atoms with Crippen LogP contribution in [0.1, 0.15) is 23.1 Å². The Bertz CT molecular complexity index is 2290. The minimum Gasteiger partial charge on any atom is -0.370 e. The van der Waals surface area contributed by atoms with E-state index in [1.54, 1.807) is 18.5 Å². The van der Waals surface area contributed by atoms with E-state index in [4.69, 9.17) is 10.1 Å². The van der Waals surface area contributed by atoms with E-state index >= 15 is 0 Å². The van der Waals surface area contributed by atoms with Crippen molar-refractivity contribution < 1.29 is 8.42 Å². The molecule has 0 spiro atoms. The fraction of sp³-hybridized carbons (Fsp3) is 0.167. The highest BCUT2D eigenvalue weighted by Crippen LogP contribution is 2.41. The van der Waals surface area contributed by atoms with Crippen LogP contribution in [0.5, 0.6) is 0 Å². The van der Waals surface area contributed by atoms with Crippen molar-refractivity contribution in [3.05, 3.63) is 169 Å². The van der Waals surface area contributed by atoms with E-state index in [0.29, 0.717) is 4.90 Å². The van der Waals surface area contributed by atoms with Crippen molar-refractivity contribution in [2.24, 2.45) is 0 Å². The number of aromatic nitrogens is 4. The summed E-state index contributed by atoms with van der Waals surface area (Å²) in [5.41, 5.74) is 6.60. The van der Waals surface area contributed by atoms with E-state index in [2.05, 4.69) is 117 Å². The van der Waals surface area contributed by atoms with Crippen LogP contribution in [0.2, 0.25) is 0 Å². The highest BCUT2D eigenvalue weighted by atomic mass is 32.2. The molecule has 0 radical (unpaired) electrons. The molecular weight excluding hydrogens is 653 g/mol. The average Bonchev–Trinajstić information content (AvgIpc) is 3.54. The van der Waals surface area contributed by atoms with Crippen LogP contribution in [0.4, 0.5) is 11.5 Å². The number of nitrogens with zero attached hydrogens (tertiary/aromatic N) is 6. The van der Waals surface area contributed by atoms with Crippen molar-refractivity contribution >= 4 is 32.2 Å². The summed E-state index contributed by atoms with van der Waals surface area (Å²) in [5.74, 6) is 0.913. The van der Waals surface area contributed by atoms with Crippen LogP contribution in [0.15, 0.2) is 157 Å². The number of benzene rings is 5. The fourth-order valence-corrected chi connectivity index (χ4v) is 7.99. The maximum absolute atomic E-state index is 12.0. The van der Waals surface area contributed by atoms with Gasteiger partial charge in [0.05, 0.1) is 16.6 Å². The predicted octanol–water partition coefficient (Wildman–Crippen LogP) is 7.45. The zero-order valence-corrected chi connectivity index (χ0v) is 29.2. The SMILES string of the molecule is CS(=O)(=O)c1ccc(N2CCCN(c3ncnc4ccc(-c5cnn(C(c6ccccc6)(c6ccccc6)c6ccccc6)c5)cc34)CC2)cc1. The highest BCUT2D eigenvalue weighted by molar-refractivity contribution is 7.90. The van der Waals surface area contributed by atoms with Gasteiger partial charge in [-0.05, 0) is 65.1 Å². The Balaban J connectivity index is 1.15. The second kappa shape index (κ2) is 13.5. The smallest absolute Gasteiger partial charge is 0.175 e. The fourth-order valence-electron chi connectivity index (χ4n) is 7.36. The standard InChI is InChI=1S/C42H38N6O2S/c1-51(49,50)38-21-19-37(20-22-38)46-24-11-25-47(27-26-46)41-39-28-32(18-23-40(39)43-31-44-41)33-29-45-48(30-33)42(34-12-5-2-6-13-34,35-14-7-3-8-15-35)36-16-9-4-10-17-36/h2-10,12-23,28-31H,11,24-27H2,1H3. The van der Waals surface area contributed by atoms with Crippen LogP contribution in [0.3, 0.4) is 0 Å². The summed E-state index contributed by atoms with van der Waals surface area (Å²) >= 11 is 0. The van der Waals surface area contributed by atoms with Gasteiger partial charge in [-0.3, -0.25) is 4.68 Å². The van der Waals surface area contributed by atoms with Crippen LogP contribution in [0.25, 0.3) is 22.0 Å². The summed E-state index contributed by atoms with van der Waals surface area (Å²) in [4.78, 5) is 14.4. The van der Waals surface area contributed by atoms with Gasteiger partial charge >= 0.3 is 0 Å². The Morgan fingerprint density at radius 3 is 1.82 bits per heavy atom. The summed E-state index contributed by atoms with van der Waals surface area (Å²) in [6, 6.07) is 45.3. The molecule has 7 aromatic rings. The molecule has 51 heavy (non-hydrogen) atoms. The number of hydrogen-bond acceptors (Lipinski definition) is 7. The quantitative estimate of drug-likeness (QED) is 0.153. The third-order valence-corrected chi connectivity index (χ3v) is 11.0. The van der Waals surface area contributed by atoms with Crippen molar-refractivity contribution in [2.45, 2.75) is 16.9 Å². The number of sulfone groups is 1. The zero-order chi connectivity index (χ0) is 34.8. The first-order chi connectivity index (χ1) is 24.9. The molecule has 0 atom stereocenters. The second-order valence-corrected chi connectivity index (χ2v) is 15.0. The zero-order valence-electron chi connectivity index (χ0n) is 28.4. The Kier molecular flexibility index (Phi) is 8.57. The van der Waals surface area contributed by atoms with Gasteiger partial charge in [-0.2, -0.15) is 5.10 Å². The van der Waals surface area contributed by atoms with Crippen LogP contribution >= 0.6 is 0 Å². The minimum absolute atomic E-state index is 0.336. The molecule has 0 aliphatic carbocycles. The largest absolute Gasteiger partial charge is 0.370 e. The molecule has 1 aliphatic heterocycles. The molecule has 1 fully saturated rings. The number of anilines is 2. The van der Waals surface area contributed by atoms with E-state index in [-0.39, 0.29) is 0 Å². The molecule has 8 rings (SSSR count). The van der Waals surface area contributed by atoms with Crippen molar-refractivity contribution in [1.29, 1.82) is 0 Å². The first kappa shape index (κ1) is 32.4. The van der Waals surface area contributed by atoms with Gasteiger partial charge in [0.15, 0.2) is 9.84 Å². The van der Waals surface area contributed by atoms with Crippen LogP contribution < -0.4 is 9.80 Å². The molecule has 3 heterocycles. The molecule has 1 aliphatic rings. The lowest BCUT2D eigenvalue weighted by Gasteiger charge is -2.36. The Labute approximate surface area is 298 Å². The molecule has 1 saturated heterocycles. The summed E-state index contributed by atoms with van der Waals surface area (Å²) < 4.78 is 26.1. The first-order valence-corrected chi connectivity index (χ1v) is 19.1. The van der Waals surface area contributed by atoms with Gasteiger partial charge in [-0.25, -0.2) is 18.4 Å². The predicted molar refractivity (Wildman–Crippen MR) is 204 cm³/mol. The number of fused-ring (bicyclic) bond motifs is 1. The lowest BCUT2D eigenvalue weighted by Crippen LogP contribution is -2.38. The van der Waals surface area contributed by atoms with Crippen LogP contribution in [-0.4, -0.2) is 60.6 Å². The van der Waals surface area contributed by atoms with Gasteiger partial charge < -0.3 is 9.80 Å². The lowest BCUT2D eigenvalue weighted by molar-refractivity contribution is 0.460. The van der Waals surface area contributed by atoms with Gasteiger partial charge in [-0.15, -0.1) is 0 Å². The van der Waals surface area contributed by atoms with E-state index in [1.165, 1.54) is 6.26 Å². The second-order valence-electron chi connectivity index (χ2n) is 13.0. The Hall–Kier alpha value is -5.80. The van der Waals surface area contributed by atoms with E-state index in [9.17, 15) is 8.42 Å². The summed E-state index contributed by atoms with van der Waals surface area (Å²) in [6.45, 7) is 3.28. The minimum atomic E-state index is -3.24. The monoisotopic (exact) mass is 690 g/mol. The van der Waals surface area contributed by atoms with Gasteiger partial charge in [0.25, 0.3) is 0 Å². The molecular formula is C42H38N6O2S. The topological polar surface area (TPSA) is 84.2 Å². The Morgan fingerprint density at radius 1 is 0.627 bits per heavy atom. The van der Waals surface area contributed by atoms with Crippen LogP contribution in [0, 0.1) is 0 Å². The first-order valence-electron chi connectivity index (χ1n) is 17.2. The molecule has 5 aromatic carbocycles. The molecule has 254 valence electrons. The third-order valence-electron chi connectivity index (χ3n) is 9.87. The van der Waals surface area contributed by atoms with Gasteiger partial charge in [-0.1, -0.05) is 97.1 Å². The van der Waals surface area contributed by atoms with Crippen LogP contribution in [-0.2, 0) is 15.4 Å². The van der Waals surface area contributed by atoms with E-state index in [1.807, 2.05) is 36.5 Å². The summed E-state index contributed by atoms with van der Waals surface area (Å²) in [5, 5.41) is 6.09. The molecule has 0 saturated carbocycles. The summed E-state index contributed by atoms with van der Waals surface area (Å²) in [7, 11) is -3.24. The normalized spacial score (nSPS) is 14.1. The molecule has 0 unspecified atom stereocenters. The molecule has 0 bridgehead atoms. The highest BCUT2D eigenvalue weighted by Gasteiger charge is 2.39. The van der Waals surface area contributed by atoms with Crippen molar-refractivity contribution in [1.82, 2.24) is 19.7 Å². The summed E-state index contributed by atoms with van der Waals surface area (Å²) in [6.07, 6.45) is 7.93. The van der Waals surface area contributed by atoms with Crippen molar-refractivity contribution in [3.8, 4) is 11.1 Å². The molecule has 0 amide bonds. The van der Waals surface area contributed by atoms with Gasteiger partial charge in [0, 0.05) is 55.3 Å². The van der Waals surface area contributed by atoms with Gasteiger partial charge in [0.1, 0.15) is 17.7 Å². The molecule has 0 N–H and O–H groups in total. The van der Waals surface area contributed by atoms with Gasteiger partial charge in [0.2, 0.25) is 0 Å². The molecule has 2 aromatic heterocycles. The molecule has 9 heteroatoms. The average molecular weight is 691 g/mol. The van der Waals surface area contributed by atoms with E-state index in [0.717, 1.165) is 82.8 Å². The lowest BCUT2D eigenvalue weighted by atomic mass is 9.77. The van der Waals surface area contributed by atoms with Crippen molar-refractivity contribution in [3.63, 3.8) is 0 Å².